The van der Waals surface area contributed by atoms with Crippen molar-refractivity contribution in [1.82, 2.24) is 19.1 Å². The van der Waals surface area contributed by atoms with E-state index >= 15 is 0 Å². The van der Waals surface area contributed by atoms with Crippen LogP contribution in [-0.4, -0.2) is 25.0 Å². The second-order valence-electron chi connectivity index (χ2n) is 9.85. The molecule has 2 aromatic carbocycles. The van der Waals surface area contributed by atoms with Gasteiger partial charge in [-0.3, -0.25) is 19.2 Å². The van der Waals surface area contributed by atoms with Crippen molar-refractivity contribution < 1.29 is 4.79 Å². The van der Waals surface area contributed by atoms with Crippen molar-refractivity contribution in [2.24, 2.45) is 18.9 Å². The maximum absolute atomic E-state index is 12.9. The van der Waals surface area contributed by atoms with Gasteiger partial charge in [-0.05, 0) is 43.9 Å². The molecule has 1 saturated carbocycles. The summed E-state index contributed by atoms with van der Waals surface area (Å²) < 4.78 is 3.53. The van der Waals surface area contributed by atoms with Gasteiger partial charge < -0.3 is 4.98 Å². The standard InChI is InChI=1S/C27H31N5O2/c1-16(2)15-32-21-12-11-20(14-22(21)31(4)27(32)34)24-23(19-10-5-7-17(3)13-19)28-26(29-24)30-25(33)18-8-6-9-18/h5,7,10-14,16,18H,6,8-9,15H2,1-4H3,(H2,28,29,30,33). The van der Waals surface area contributed by atoms with E-state index in [4.69, 9.17) is 4.98 Å². The Morgan fingerprint density at radius 1 is 1.15 bits per heavy atom. The maximum Gasteiger partial charge on any atom is 0.328 e. The lowest BCUT2D eigenvalue weighted by atomic mass is 9.85. The normalized spacial score (nSPS) is 14.0. The molecule has 7 nitrogen and oxygen atoms in total. The second kappa shape index (κ2) is 8.63. The minimum Gasteiger partial charge on any atom is -0.323 e. The topological polar surface area (TPSA) is 84.7 Å². The Morgan fingerprint density at radius 2 is 1.94 bits per heavy atom. The quantitative estimate of drug-likeness (QED) is 0.422. The maximum atomic E-state index is 12.9. The van der Waals surface area contributed by atoms with Crippen molar-refractivity contribution in [3.05, 3.63) is 58.5 Å². The van der Waals surface area contributed by atoms with Gasteiger partial charge in [0.05, 0.1) is 22.4 Å². The Labute approximate surface area is 198 Å². The van der Waals surface area contributed by atoms with Gasteiger partial charge >= 0.3 is 5.69 Å². The zero-order valence-corrected chi connectivity index (χ0v) is 20.2. The number of aromatic amines is 1. The van der Waals surface area contributed by atoms with Crippen LogP contribution >= 0.6 is 0 Å². The van der Waals surface area contributed by atoms with Gasteiger partial charge in [-0.2, -0.15) is 0 Å². The minimum atomic E-state index is -0.0159. The first kappa shape index (κ1) is 22.2. The first-order chi connectivity index (χ1) is 16.3. The van der Waals surface area contributed by atoms with Gasteiger partial charge in [0.15, 0.2) is 0 Å². The largest absolute Gasteiger partial charge is 0.328 e. The molecule has 176 valence electrons. The highest BCUT2D eigenvalue weighted by atomic mass is 16.2. The number of amides is 1. The number of anilines is 1. The summed E-state index contributed by atoms with van der Waals surface area (Å²) >= 11 is 0. The van der Waals surface area contributed by atoms with Crippen LogP contribution in [0.3, 0.4) is 0 Å². The first-order valence-electron chi connectivity index (χ1n) is 12.0. The molecule has 0 atom stereocenters. The molecule has 5 rings (SSSR count). The Hall–Kier alpha value is -3.61. The van der Waals surface area contributed by atoms with Crippen molar-refractivity contribution in [3.8, 4) is 22.5 Å². The van der Waals surface area contributed by atoms with Crippen LogP contribution in [0.4, 0.5) is 5.95 Å². The van der Waals surface area contributed by atoms with E-state index in [2.05, 4.69) is 30.2 Å². The van der Waals surface area contributed by atoms with Gasteiger partial charge in [0.2, 0.25) is 11.9 Å². The third-order valence-electron chi connectivity index (χ3n) is 6.69. The third-order valence-corrected chi connectivity index (χ3v) is 6.69. The van der Waals surface area contributed by atoms with E-state index in [9.17, 15) is 9.59 Å². The summed E-state index contributed by atoms with van der Waals surface area (Å²) in [7, 11) is 1.81. The predicted octanol–water partition coefficient (Wildman–Crippen LogP) is 5.10. The molecule has 7 heteroatoms. The van der Waals surface area contributed by atoms with Crippen LogP contribution in [0.5, 0.6) is 0 Å². The summed E-state index contributed by atoms with van der Waals surface area (Å²) in [6.45, 7) is 6.94. The molecular formula is C27H31N5O2. The van der Waals surface area contributed by atoms with E-state index in [1.165, 1.54) is 0 Å². The lowest BCUT2D eigenvalue weighted by Crippen LogP contribution is -2.28. The van der Waals surface area contributed by atoms with Gasteiger partial charge in [0.25, 0.3) is 0 Å². The van der Waals surface area contributed by atoms with Crippen molar-refractivity contribution in [2.75, 3.05) is 5.32 Å². The number of H-pyrrole nitrogens is 1. The number of hydrogen-bond acceptors (Lipinski definition) is 3. The van der Waals surface area contributed by atoms with Crippen LogP contribution in [0.15, 0.2) is 47.3 Å². The van der Waals surface area contributed by atoms with E-state index in [-0.39, 0.29) is 17.5 Å². The molecule has 0 aliphatic heterocycles. The fourth-order valence-electron chi connectivity index (χ4n) is 4.64. The van der Waals surface area contributed by atoms with Gasteiger partial charge in [-0.15, -0.1) is 0 Å². The van der Waals surface area contributed by atoms with E-state index < -0.39 is 0 Å². The average molecular weight is 458 g/mol. The van der Waals surface area contributed by atoms with Crippen LogP contribution in [0.25, 0.3) is 33.5 Å². The predicted molar refractivity (Wildman–Crippen MR) is 136 cm³/mol. The van der Waals surface area contributed by atoms with E-state index in [0.29, 0.717) is 18.4 Å². The smallest absolute Gasteiger partial charge is 0.323 e. The molecule has 0 saturated heterocycles. The Morgan fingerprint density at radius 3 is 2.62 bits per heavy atom. The Bertz CT molecular complexity index is 1440. The van der Waals surface area contributed by atoms with Gasteiger partial charge in [-0.25, -0.2) is 9.78 Å². The number of aryl methyl sites for hydroxylation is 2. The highest BCUT2D eigenvalue weighted by molar-refractivity contribution is 5.93. The number of hydrogen-bond donors (Lipinski definition) is 2. The Kier molecular flexibility index (Phi) is 5.63. The average Bonchev–Trinajstić information content (AvgIpc) is 3.27. The van der Waals surface area contributed by atoms with Gasteiger partial charge in [0.1, 0.15) is 0 Å². The van der Waals surface area contributed by atoms with Gasteiger partial charge in [-0.1, -0.05) is 50.1 Å². The highest BCUT2D eigenvalue weighted by Gasteiger charge is 2.26. The van der Waals surface area contributed by atoms with E-state index in [1.54, 1.807) is 4.57 Å². The van der Waals surface area contributed by atoms with Crippen LogP contribution in [-0.2, 0) is 18.4 Å². The molecule has 1 aliphatic rings. The van der Waals surface area contributed by atoms with Crippen molar-refractivity contribution in [1.29, 1.82) is 0 Å². The number of fused-ring (bicyclic) bond motifs is 1. The first-order valence-corrected chi connectivity index (χ1v) is 12.0. The molecular weight excluding hydrogens is 426 g/mol. The number of benzene rings is 2. The number of carbonyl (C=O) groups excluding carboxylic acids is 1. The summed E-state index contributed by atoms with van der Waals surface area (Å²) in [6.07, 6.45) is 2.97. The van der Waals surface area contributed by atoms with E-state index in [0.717, 1.165) is 58.4 Å². The van der Waals surface area contributed by atoms with Crippen LogP contribution in [0, 0.1) is 18.8 Å². The number of aromatic nitrogens is 4. The molecule has 1 aliphatic carbocycles. The zero-order chi connectivity index (χ0) is 24.0. The monoisotopic (exact) mass is 457 g/mol. The molecule has 0 unspecified atom stereocenters. The summed E-state index contributed by atoms with van der Waals surface area (Å²) in [6, 6.07) is 14.2. The zero-order valence-electron chi connectivity index (χ0n) is 20.2. The summed E-state index contributed by atoms with van der Waals surface area (Å²) in [4.78, 5) is 33.6. The van der Waals surface area contributed by atoms with Crippen LogP contribution in [0.2, 0.25) is 0 Å². The molecule has 4 aromatic rings. The summed E-state index contributed by atoms with van der Waals surface area (Å²) in [5.74, 6) is 0.911. The molecule has 34 heavy (non-hydrogen) atoms. The van der Waals surface area contributed by atoms with Crippen molar-refractivity contribution in [3.63, 3.8) is 0 Å². The van der Waals surface area contributed by atoms with Crippen LogP contribution < -0.4 is 11.0 Å². The fraction of sp³-hybridized carbons (Fsp3) is 0.370. The Balaban J connectivity index is 1.62. The SMILES string of the molecule is Cc1cccc(-c2nc(NC(=O)C3CCC3)[nH]c2-c2ccc3c(c2)n(C)c(=O)n3CC(C)C)c1. The molecule has 2 N–H and O–H groups in total. The lowest BCUT2D eigenvalue weighted by Gasteiger charge is -2.23. The lowest BCUT2D eigenvalue weighted by molar-refractivity contribution is -0.122. The molecule has 1 fully saturated rings. The van der Waals surface area contributed by atoms with Gasteiger partial charge in [0, 0.05) is 30.6 Å². The molecule has 1 amide bonds. The van der Waals surface area contributed by atoms with Crippen LogP contribution in [0.1, 0.15) is 38.7 Å². The minimum absolute atomic E-state index is 0.0159. The van der Waals surface area contributed by atoms with Crippen molar-refractivity contribution in [2.45, 2.75) is 46.6 Å². The third kappa shape index (κ3) is 3.95. The fourth-order valence-corrected chi connectivity index (χ4v) is 4.64. The molecule has 2 aromatic heterocycles. The summed E-state index contributed by atoms with van der Waals surface area (Å²) in [5, 5.41) is 2.98. The number of nitrogens with zero attached hydrogens (tertiary/aromatic N) is 3. The molecule has 0 spiro atoms. The molecule has 2 heterocycles. The number of imidazole rings is 2. The number of nitrogens with one attached hydrogen (secondary N) is 2. The second-order valence-corrected chi connectivity index (χ2v) is 9.85. The summed E-state index contributed by atoms with van der Waals surface area (Å²) in [5.41, 5.74) is 6.39. The highest BCUT2D eigenvalue weighted by Crippen LogP contribution is 2.34. The molecule has 0 radical (unpaired) electrons. The van der Waals surface area contributed by atoms with Crippen molar-refractivity contribution >= 4 is 22.9 Å². The van der Waals surface area contributed by atoms with E-state index in [1.807, 2.05) is 54.9 Å². The number of carbonyl (C=O) groups is 1. The molecule has 0 bridgehead atoms. The number of rotatable bonds is 6.